The number of rotatable bonds is 2. The fourth-order valence-electron chi connectivity index (χ4n) is 0.977. The Hall–Kier alpha value is -1.78. The number of benzene rings is 1. The van der Waals surface area contributed by atoms with E-state index in [4.69, 9.17) is 10.5 Å². The second-order valence-electron chi connectivity index (χ2n) is 2.91. The summed E-state index contributed by atoms with van der Waals surface area (Å²) in [6.07, 6.45) is 1.38. The van der Waals surface area contributed by atoms with Crippen molar-refractivity contribution in [1.29, 1.82) is 10.5 Å². The van der Waals surface area contributed by atoms with Crippen molar-refractivity contribution >= 4 is 21.6 Å². The normalized spacial score (nSPS) is 8.53. The molecular weight excluding hydrogens is 254 g/mol. The molecule has 1 aromatic carbocycles. The molecule has 0 atom stereocenters. The summed E-state index contributed by atoms with van der Waals surface area (Å²) in [5.41, 5.74) is 2.00. The number of hydrogen-bond donors (Lipinski definition) is 1. The molecule has 0 aliphatic rings. The van der Waals surface area contributed by atoms with Crippen LogP contribution in [0.1, 0.15) is 5.56 Å². The fourth-order valence-corrected chi connectivity index (χ4v) is 1.58. The average molecular weight is 262 g/mol. The molecule has 0 bridgehead atoms. The minimum absolute atomic E-state index is 0.0440. The maximum Gasteiger partial charge on any atom is 0.145 e. The number of anilines is 1. The van der Waals surface area contributed by atoms with Crippen LogP contribution in [0.3, 0.4) is 0 Å². The minimum atomic E-state index is 0.0440. The molecule has 0 aliphatic carbocycles. The summed E-state index contributed by atoms with van der Waals surface area (Å²) in [6.45, 7) is 1.99. The number of allylic oxidation sites excluding steroid dienone is 1. The van der Waals surface area contributed by atoms with Crippen molar-refractivity contribution in [2.24, 2.45) is 0 Å². The van der Waals surface area contributed by atoms with Gasteiger partial charge in [-0.25, -0.2) is 0 Å². The van der Waals surface area contributed by atoms with Crippen molar-refractivity contribution in [1.82, 2.24) is 0 Å². The summed E-state index contributed by atoms with van der Waals surface area (Å²) >= 11 is 3.38. The maximum absolute atomic E-state index is 8.52. The molecule has 0 unspecified atom stereocenters. The van der Waals surface area contributed by atoms with E-state index in [0.717, 1.165) is 15.7 Å². The average Bonchev–Trinajstić information content (AvgIpc) is 2.22. The lowest BCUT2D eigenvalue weighted by Gasteiger charge is -2.04. The van der Waals surface area contributed by atoms with Crippen molar-refractivity contribution in [2.75, 3.05) is 5.32 Å². The molecule has 0 spiro atoms. The Balaban J connectivity index is 2.89. The van der Waals surface area contributed by atoms with Gasteiger partial charge >= 0.3 is 0 Å². The molecule has 74 valence electrons. The van der Waals surface area contributed by atoms with Crippen LogP contribution in [0.4, 0.5) is 5.69 Å². The number of halogens is 1. The SMILES string of the molecule is Cc1ccc(NC=C(C#N)C#N)c(Br)c1. The zero-order valence-electron chi connectivity index (χ0n) is 8.08. The molecule has 1 aromatic rings. The lowest BCUT2D eigenvalue weighted by molar-refractivity contribution is 1.41. The molecule has 0 radical (unpaired) electrons. The van der Waals surface area contributed by atoms with E-state index in [0.29, 0.717) is 0 Å². The number of nitrogens with zero attached hydrogens (tertiary/aromatic N) is 2. The maximum atomic E-state index is 8.52. The molecule has 15 heavy (non-hydrogen) atoms. The standard InChI is InChI=1S/C11H8BrN3/c1-8-2-3-11(10(12)4-8)15-7-9(5-13)6-14/h2-4,7,15H,1H3. The molecule has 1 rings (SSSR count). The Kier molecular flexibility index (Phi) is 3.91. The molecule has 0 heterocycles. The molecule has 3 nitrogen and oxygen atoms in total. The van der Waals surface area contributed by atoms with E-state index in [2.05, 4.69) is 21.2 Å². The highest BCUT2D eigenvalue weighted by Crippen LogP contribution is 2.23. The molecule has 4 heteroatoms. The van der Waals surface area contributed by atoms with E-state index in [9.17, 15) is 0 Å². The predicted octanol–water partition coefficient (Wildman–Crippen LogP) is 3.10. The number of hydrogen-bond acceptors (Lipinski definition) is 3. The van der Waals surface area contributed by atoms with E-state index in [1.54, 1.807) is 12.1 Å². The second-order valence-corrected chi connectivity index (χ2v) is 3.76. The van der Waals surface area contributed by atoms with Crippen LogP contribution in [0.5, 0.6) is 0 Å². The summed E-state index contributed by atoms with van der Waals surface area (Å²) in [5.74, 6) is 0. The van der Waals surface area contributed by atoms with Crippen LogP contribution >= 0.6 is 15.9 Å². The van der Waals surface area contributed by atoms with Crippen LogP contribution in [-0.4, -0.2) is 0 Å². The van der Waals surface area contributed by atoms with Crippen molar-refractivity contribution < 1.29 is 0 Å². The van der Waals surface area contributed by atoms with Gasteiger partial charge in [0.05, 0.1) is 5.69 Å². The molecule has 1 N–H and O–H groups in total. The van der Waals surface area contributed by atoms with Gasteiger partial charge in [0.25, 0.3) is 0 Å². The first-order valence-corrected chi connectivity index (χ1v) is 4.99. The highest BCUT2D eigenvalue weighted by molar-refractivity contribution is 9.10. The quantitative estimate of drug-likeness (QED) is 0.833. The Bertz CT molecular complexity index is 462. The summed E-state index contributed by atoms with van der Waals surface area (Å²) in [7, 11) is 0. The predicted molar refractivity (Wildman–Crippen MR) is 61.8 cm³/mol. The first-order valence-electron chi connectivity index (χ1n) is 4.20. The van der Waals surface area contributed by atoms with Gasteiger partial charge < -0.3 is 5.32 Å². The van der Waals surface area contributed by atoms with Crippen LogP contribution in [-0.2, 0) is 0 Å². The van der Waals surface area contributed by atoms with Crippen LogP contribution in [0.2, 0.25) is 0 Å². The van der Waals surface area contributed by atoms with E-state index in [-0.39, 0.29) is 5.57 Å². The number of aryl methyl sites for hydroxylation is 1. The monoisotopic (exact) mass is 261 g/mol. The van der Waals surface area contributed by atoms with E-state index in [1.165, 1.54) is 6.20 Å². The van der Waals surface area contributed by atoms with Crippen molar-refractivity contribution in [3.05, 3.63) is 40.0 Å². The van der Waals surface area contributed by atoms with E-state index in [1.807, 2.05) is 25.1 Å². The van der Waals surface area contributed by atoms with Gasteiger partial charge in [0.1, 0.15) is 17.7 Å². The van der Waals surface area contributed by atoms with Crippen LogP contribution in [0.15, 0.2) is 34.4 Å². The highest BCUT2D eigenvalue weighted by atomic mass is 79.9. The Morgan fingerprint density at radius 1 is 1.40 bits per heavy atom. The zero-order chi connectivity index (χ0) is 11.3. The summed E-state index contributed by atoms with van der Waals surface area (Å²) in [5, 5.41) is 19.9. The topological polar surface area (TPSA) is 59.6 Å². The molecular formula is C11H8BrN3. The van der Waals surface area contributed by atoms with Gasteiger partial charge in [-0.05, 0) is 40.5 Å². The Morgan fingerprint density at radius 2 is 2.07 bits per heavy atom. The molecule has 0 aliphatic heterocycles. The van der Waals surface area contributed by atoms with Crippen molar-refractivity contribution in [3.63, 3.8) is 0 Å². The Morgan fingerprint density at radius 3 is 2.60 bits per heavy atom. The summed E-state index contributed by atoms with van der Waals surface area (Å²) in [4.78, 5) is 0. The van der Waals surface area contributed by atoms with Gasteiger partial charge in [-0.15, -0.1) is 0 Å². The number of nitrogens with one attached hydrogen (secondary N) is 1. The van der Waals surface area contributed by atoms with Crippen LogP contribution in [0.25, 0.3) is 0 Å². The molecule has 0 fully saturated rings. The third-order valence-electron chi connectivity index (χ3n) is 1.74. The van der Waals surface area contributed by atoms with Crippen molar-refractivity contribution in [2.45, 2.75) is 6.92 Å². The molecule has 0 saturated carbocycles. The van der Waals surface area contributed by atoms with Gasteiger partial charge in [-0.2, -0.15) is 10.5 Å². The van der Waals surface area contributed by atoms with E-state index < -0.39 is 0 Å². The smallest absolute Gasteiger partial charge is 0.145 e. The van der Waals surface area contributed by atoms with Crippen molar-refractivity contribution in [3.8, 4) is 12.1 Å². The fraction of sp³-hybridized carbons (Fsp3) is 0.0909. The largest absolute Gasteiger partial charge is 0.359 e. The lowest BCUT2D eigenvalue weighted by atomic mass is 10.2. The third-order valence-corrected chi connectivity index (χ3v) is 2.39. The van der Waals surface area contributed by atoms with Gasteiger partial charge in [-0.3, -0.25) is 0 Å². The van der Waals surface area contributed by atoms with Crippen LogP contribution in [0, 0.1) is 29.6 Å². The summed E-state index contributed by atoms with van der Waals surface area (Å²) < 4.78 is 0.897. The first kappa shape index (κ1) is 11.3. The minimum Gasteiger partial charge on any atom is -0.359 e. The van der Waals surface area contributed by atoms with Gasteiger partial charge in [-0.1, -0.05) is 6.07 Å². The third kappa shape index (κ3) is 3.12. The van der Waals surface area contributed by atoms with Gasteiger partial charge in [0, 0.05) is 10.7 Å². The summed E-state index contributed by atoms with van der Waals surface area (Å²) in [6, 6.07) is 9.32. The van der Waals surface area contributed by atoms with Crippen LogP contribution < -0.4 is 5.32 Å². The zero-order valence-corrected chi connectivity index (χ0v) is 9.67. The molecule has 0 saturated heterocycles. The van der Waals surface area contributed by atoms with Gasteiger partial charge in [0.15, 0.2) is 0 Å². The Labute approximate surface area is 96.8 Å². The van der Waals surface area contributed by atoms with Gasteiger partial charge in [0.2, 0.25) is 0 Å². The molecule has 0 amide bonds. The molecule has 0 aromatic heterocycles. The second kappa shape index (κ2) is 5.19. The lowest BCUT2D eigenvalue weighted by Crippen LogP contribution is -1.91. The first-order chi connectivity index (χ1) is 7.17. The van der Waals surface area contributed by atoms with E-state index >= 15 is 0 Å². The number of nitriles is 2. The highest BCUT2D eigenvalue weighted by Gasteiger charge is 1.98.